The number of thiophene rings is 1. The Labute approximate surface area is 254 Å². The fraction of sp³-hybridized carbons (Fsp3) is 0.167. The summed E-state index contributed by atoms with van der Waals surface area (Å²) in [6, 6.07) is 39.6. The lowest BCUT2D eigenvalue weighted by atomic mass is 9.88. The summed E-state index contributed by atoms with van der Waals surface area (Å²) in [6.45, 7) is 2.78. The number of anilines is 1. The fourth-order valence-corrected chi connectivity index (χ4v) is 8.31. The molecule has 0 fully saturated rings. The number of amides is 1. The highest BCUT2D eigenvalue weighted by Gasteiger charge is 2.28. The lowest BCUT2D eigenvalue weighted by molar-refractivity contribution is -0.116. The molecule has 0 saturated heterocycles. The first-order chi connectivity index (χ1) is 20.7. The molecule has 6 aromatic rings. The first kappa shape index (κ1) is 26.8. The van der Waals surface area contributed by atoms with Gasteiger partial charge in [0.15, 0.2) is 0 Å². The molecule has 1 N–H and O–H groups in total. The molecule has 42 heavy (non-hydrogen) atoms. The van der Waals surface area contributed by atoms with Crippen LogP contribution in [0.4, 0.5) is 5.00 Å². The molecule has 3 heterocycles. The summed E-state index contributed by atoms with van der Waals surface area (Å²) in [7, 11) is 0. The third-order valence-corrected chi connectivity index (χ3v) is 10.1. The third-order valence-electron chi connectivity index (χ3n) is 7.94. The van der Waals surface area contributed by atoms with E-state index in [1.165, 1.54) is 20.7 Å². The van der Waals surface area contributed by atoms with Crippen LogP contribution in [-0.2, 0) is 24.3 Å². The van der Waals surface area contributed by atoms with Crippen LogP contribution in [0.3, 0.4) is 0 Å². The number of benzene rings is 4. The zero-order chi connectivity index (χ0) is 28.3. The van der Waals surface area contributed by atoms with Crippen molar-refractivity contribution in [2.75, 3.05) is 11.9 Å². The molecule has 0 aliphatic carbocycles. The summed E-state index contributed by atoms with van der Waals surface area (Å²) >= 11 is 3.43. The standard InChI is InChI=1S/C36H31N3OS2/c40-33(22-29(26-14-6-2-7-15-26)27-16-8-3-9-17-27)38-36-34(35-37-30-18-10-11-19-31(30)41-35)28-20-21-39(24-32(28)42-36)23-25-12-4-1-5-13-25/h1-19,29H,20-24H2,(H,38,40). The minimum absolute atomic E-state index is 0.0192. The molecule has 208 valence electrons. The Morgan fingerprint density at radius 2 is 1.45 bits per heavy atom. The molecule has 0 saturated carbocycles. The second-order valence-corrected chi connectivity index (χ2v) is 12.9. The number of rotatable bonds is 8. The number of hydrogen-bond donors (Lipinski definition) is 1. The van der Waals surface area contributed by atoms with E-state index >= 15 is 0 Å². The largest absolute Gasteiger partial charge is 0.317 e. The number of hydrogen-bond acceptors (Lipinski definition) is 5. The molecule has 1 aliphatic heterocycles. The van der Waals surface area contributed by atoms with E-state index in [-0.39, 0.29) is 11.8 Å². The Morgan fingerprint density at radius 3 is 2.14 bits per heavy atom. The van der Waals surface area contributed by atoms with Gasteiger partial charge in [-0.2, -0.15) is 0 Å². The van der Waals surface area contributed by atoms with Gasteiger partial charge in [-0.25, -0.2) is 4.98 Å². The second kappa shape index (κ2) is 12.0. The summed E-state index contributed by atoms with van der Waals surface area (Å²) in [4.78, 5) is 22.7. The van der Waals surface area contributed by atoms with Gasteiger partial charge >= 0.3 is 0 Å². The monoisotopic (exact) mass is 585 g/mol. The Bertz CT molecular complexity index is 1740. The molecule has 4 aromatic carbocycles. The van der Waals surface area contributed by atoms with Crippen molar-refractivity contribution >= 4 is 43.8 Å². The number of nitrogens with zero attached hydrogens (tertiary/aromatic N) is 2. The van der Waals surface area contributed by atoms with E-state index in [1.807, 2.05) is 42.5 Å². The predicted molar refractivity (Wildman–Crippen MR) is 175 cm³/mol. The molecular weight excluding hydrogens is 555 g/mol. The van der Waals surface area contributed by atoms with Crippen LogP contribution in [0, 0.1) is 0 Å². The zero-order valence-electron chi connectivity index (χ0n) is 23.2. The molecule has 7 rings (SSSR count). The minimum Gasteiger partial charge on any atom is -0.317 e. The van der Waals surface area contributed by atoms with Crippen molar-refractivity contribution in [3.63, 3.8) is 0 Å². The quantitative estimate of drug-likeness (QED) is 0.194. The average molecular weight is 586 g/mol. The molecule has 0 atom stereocenters. The first-order valence-corrected chi connectivity index (χ1v) is 16.0. The van der Waals surface area contributed by atoms with E-state index in [0.717, 1.165) is 58.3 Å². The Kier molecular flexibility index (Phi) is 7.66. The number of nitrogens with one attached hydrogen (secondary N) is 1. The topological polar surface area (TPSA) is 45.2 Å². The summed E-state index contributed by atoms with van der Waals surface area (Å²) in [5.41, 5.74) is 7.07. The van der Waals surface area contributed by atoms with Gasteiger partial charge in [0.25, 0.3) is 0 Å². The van der Waals surface area contributed by atoms with Crippen molar-refractivity contribution in [1.82, 2.24) is 9.88 Å². The Hall–Kier alpha value is -4.10. The van der Waals surface area contributed by atoms with Crippen LogP contribution in [0.2, 0.25) is 0 Å². The van der Waals surface area contributed by atoms with Gasteiger partial charge in [-0.15, -0.1) is 22.7 Å². The normalized spacial score (nSPS) is 13.4. The van der Waals surface area contributed by atoms with Crippen molar-refractivity contribution < 1.29 is 4.79 Å². The predicted octanol–water partition coefficient (Wildman–Crippen LogP) is 8.74. The second-order valence-electron chi connectivity index (χ2n) is 10.8. The smallest absolute Gasteiger partial charge is 0.225 e. The maximum absolute atomic E-state index is 13.8. The van der Waals surface area contributed by atoms with E-state index in [9.17, 15) is 4.79 Å². The van der Waals surface area contributed by atoms with Crippen molar-refractivity contribution in [2.24, 2.45) is 0 Å². The van der Waals surface area contributed by atoms with Gasteiger partial charge in [-0.1, -0.05) is 103 Å². The minimum atomic E-state index is -0.0192. The van der Waals surface area contributed by atoms with Crippen molar-refractivity contribution in [3.8, 4) is 10.6 Å². The lowest BCUT2D eigenvalue weighted by Crippen LogP contribution is -2.29. The van der Waals surface area contributed by atoms with E-state index in [2.05, 4.69) is 83.0 Å². The summed E-state index contributed by atoms with van der Waals surface area (Å²) in [5, 5.41) is 5.28. The van der Waals surface area contributed by atoms with E-state index in [1.54, 1.807) is 22.7 Å². The molecule has 1 aliphatic rings. The van der Waals surface area contributed by atoms with Gasteiger partial charge in [-0.3, -0.25) is 9.69 Å². The van der Waals surface area contributed by atoms with Gasteiger partial charge in [0.05, 0.1) is 10.2 Å². The van der Waals surface area contributed by atoms with Gasteiger partial charge in [0.2, 0.25) is 5.91 Å². The molecule has 6 heteroatoms. The SMILES string of the molecule is O=C(CC(c1ccccc1)c1ccccc1)Nc1sc2c(c1-c1nc3ccccc3s1)CCN(Cc1ccccc1)C2. The molecule has 4 nitrogen and oxygen atoms in total. The molecule has 0 radical (unpaired) electrons. The zero-order valence-corrected chi connectivity index (χ0v) is 24.8. The number of thiazole rings is 1. The number of aromatic nitrogens is 1. The molecule has 0 bridgehead atoms. The summed E-state index contributed by atoms with van der Waals surface area (Å²) < 4.78 is 1.17. The van der Waals surface area contributed by atoms with Gasteiger partial charge in [0, 0.05) is 42.4 Å². The highest BCUT2D eigenvalue weighted by atomic mass is 32.1. The molecule has 0 unspecified atom stereocenters. The van der Waals surface area contributed by atoms with Crippen LogP contribution in [0.15, 0.2) is 115 Å². The molecular formula is C36H31N3OS2. The maximum Gasteiger partial charge on any atom is 0.225 e. The van der Waals surface area contributed by atoms with Crippen molar-refractivity contribution in [1.29, 1.82) is 0 Å². The lowest BCUT2D eigenvalue weighted by Gasteiger charge is -2.27. The van der Waals surface area contributed by atoms with Crippen molar-refractivity contribution in [2.45, 2.75) is 31.8 Å². The summed E-state index contributed by atoms with van der Waals surface area (Å²) in [6.07, 6.45) is 1.31. The van der Waals surface area contributed by atoms with Crippen LogP contribution in [0.5, 0.6) is 0 Å². The Balaban J connectivity index is 1.21. The summed E-state index contributed by atoms with van der Waals surface area (Å²) in [5.74, 6) is 0.00376. The van der Waals surface area contributed by atoms with E-state index < -0.39 is 0 Å². The molecule has 0 spiro atoms. The van der Waals surface area contributed by atoms with Gasteiger partial charge in [-0.05, 0) is 40.8 Å². The van der Waals surface area contributed by atoms with Crippen LogP contribution in [-0.4, -0.2) is 22.3 Å². The number of fused-ring (bicyclic) bond motifs is 2. The number of carbonyl (C=O) groups excluding carboxylic acids is 1. The number of carbonyl (C=O) groups is 1. The van der Waals surface area contributed by atoms with Crippen LogP contribution < -0.4 is 5.32 Å². The van der Waals surface area contributed by atoms with Crippen molar-refractivity contribution in [3.05, 3.63) is 142 Å². The van der Waals surface area contributed by atoms with Crippen LogP contribution in [0.25, 0.3) is 20.8 Å². The first-order valence-electron chi connectivity index (χ1n) is 14.4. The fourth-order valence-electron chi connectivity index (χ4n) is 5.89. The highest BCUT2D eigenvalue weighted by molar-refractivity contribution is 7.22. The van der Waals surface area contributed by atoms with Crippen LogP contribution >= 0.6 is 22.7 Å². The average Bonchev–Trinajstić information content (AvgIpc) is 3.61. The maximum atomic E-state index is 13.8. The molecule has 1 amide bonds. The van der Waals surface area contributed by atoms with Gasteiger partial charge in [0.1, 0.15) is 10.0 Å². The van der Waals surface area contributed by atoms with Gasteiger partial charge < -0.3 is 5.32 Å². The van der Waals surface area contributed by atoms with E-state index in [4.69, 9.17) is 4.98 Å². The highest BCUT2D eigenvalue weighted by Crippen LogP contribution is 2.46. The molecule has 2 aromatic heterocycles. The Morgan fingerprint density at radius 1 is 0.810 bits per heavy atom. The van der Waals surface area contributed by atoms with Crippen LogP contribution in [0.1, 0.15) is 39.5 Å². The third kappa shape index (κ3) is 5.66. The van der Waals surface area contributed by atoms with E-state index in [0.29, 0.717) is 6.42 Å². The number of para-hydroxylation sites is 1.